The van der Waals surface area contributed by atoms with E-state index in [9.17, 15) is 0 Å². The van der Waals surface area contributed by atoms with Crippen LogP contribution in [0.15, 0.2) is 188 Å². The molecule has 4 heterocycles. The average Bonchev–Trinajstić information content (AvgIpc) is 3.83. The van der Waals surface area contributed by atoms with E-state index in [4.69, 9.17) is 19.9 Å². The Morgan fingerprint density at radius 2 is 0.929 bits per heavy atom. The normalized spacial score (nSPS) is 11.6. The highest BCUT2D eigenvalue weighted by molar-refractivity contribution is 7.26. The van der Waals surface area contributed by atoms with Crippen molar-refractivity contribution in [3.8, 4) is 62.4 Å². The molecule has 11 rings (SSSR count). The summed E-state index contributed by atoms with van der Waals surface area (Å²) >= 11 is 1.82. The van der Waals surface area contributed by atoms with Gasteiger partial charge in [-0.1, -0.05) is 158 Å². The summed E-state index contributed by atoms with van der Waals surface area (Å²) in [7, 11) is 0. The van der Waals surface area contributed by atoms with Crippen LogP contribution in [0.4, 0.5) is 0 Å². The zero-order valence-corrected chi connectivity index (χ0v) is 30.9. The molecule has 0 spiro atoms. The number of fused-ring (bicyclic) bond motifs is 7. The van der Waals surface area contributed by atoms with Gasteiger partial charge in [-0.05, 0) is 41.5 Å². The smallest absolute Gasteiger partial charge is 0.238 e. The second kappa shape index (κ2) is 13.2. The summed E-state index contributed by atoms with van der Waals surface area (Å²) in [5, 5.41) is 4.81. The van der Waals surface area contributed by atoms with E-state index in [1.165, 1.54) is 25.6 Å². The second-order valence-corrected chi connectivity index (χ2v) is 14.9. The van der Waals surface area contributed by atoms with Gasteiger partial charge >= 0.3 is 0 Å². The Morgan fingerprint density at radius 3 is 1.70 bits per heavy atom. The topological polar surface area (TPSA) is 56.5 Å². The van der Waals surface area contributed by atoms with Crippen LogP contribution in [0, 0.1) is 0 Å². The number of aromatic nitrogens is 5. The highest BCUT2D eigenvalue weighted by atomic mass is 32.1. The standard InChI is InChI=1S/C50H31N5S/c1-4-15-32(16-5-1)37-30-42(33-17-6-2-7-18-33)51-43(31-37)35-21-14-22-36(29-35)49-52-48(34-19-8-3-9-20-34)53-50(54-49)55-44-25-12-10-23-38(44)40-27-28-41-39-24-11-13-26-45(39)56-47(41)46(40)55/h1-31H. The second-order valence-electron chi connectivity index (χ2n) is 13.9. The molecule has 0 aliphatic rings. The first kappa shape index (κ1) is 32.2. The van der Waals surface area contributed by atoms with Crippen molar-refractivity contribution >= 4 is 53.3 Å². The molecule has 0 saturated carbocycles. The van der Waals surface area contributed by atoms with Crippen LogP contribution in [0.2, 0.25) is 0 Å². The van der Waals surface area contributed by atoms with Gasteiger partial charge in [0, 0.05) is 48.5 Å². The molecule has 7 aromatic carbocycles. The lowest BCUT2D eigenvalue weighted by Crippen LogP contribution is -2.06. The SMILES string of the molecule is c1ccc(-c2cc(-c3ccccc3)nc(-c3cccc(-c4nc(-c5ccccc5)nc(-n5c6ccccc6c6ccc7c8ccccc8sc7c65)n4)c3)c2)cc1. The summed E-state index contributed by atoms with van der Waals surface area (Å²) in [6, 6.07) is 65.4. The summed E-state index contributed by atoms with van der Waals surface area (Å²) in [5.74, 6) is 1.78. The average molecular weight is 734 g/mol. The van der Waals surface area contributed by atoms with Gasteiger partial charge in [-0.3, -0.25) is 4.57 Å². The molecule has 11 aromatic rings. The van der Waals surface area contributed by atoms with E-state index >= 15 is 0 Å². The lowest BCUT2D eigenvalue weighted by atomic mass is 9.99. The van der Waals surface area contributed by atoms with Gasteiger partial charge in [0.25, 0.3) is 0 Å². The van der Waals surface area contributed by atoms with Gasteiger partial charge in [0.2, 0.25) is 5.95 Å². The maximum absolute atomic E-state index is 5.32. The van der Waals surface area contributed by atoms with E-state index in [1.54, 1.807) is 0 Å². The van der Waals surface area contributed by atoms with Crippen molar-refractivity contribution in [2.24, 2.45) is 0 Å². The van der Waals surface area contributed by atoms with E-state index in [0.717, 1.165) is 61.2 Å². The van der Waals surface area contributed by atoms with E-state index in [-0.39, 0.29) is 0 Å². The van der Waals surface area contributed by atoms with Gasteiger partial charge in [-0.2, -0.15) is 9.97 Å². The summed E-state index contributed by atoms with van der Waals surface area (Å²) in [5.41, 5.74) is 10.0. The quantitative estimate of drug-likeness (QED) is 0.171. The third-order valence-corrected chi connectivity index (χ3v) is 11.6. The number of rotatable bonds is 6. The number of pyridine rings is 1. The number of nitrogens with zero attached hydrogens (tertiary/aromatic N) is 5. The predicted octanol–water partition coefficient (Wildman–Crippen LogP) is 13.1. The molecule has 0 saturated heterocycles. The third-order valence-electron chi connectivity index (χ3n) is 10.5. The first-order valence-electron chi connectivity index (χ1n) is 18.6. The van der Waals surface area contributed by atoms with Crippen molar-refractivity contribution < 1.29 is 0 Å². The molecule has 262 valence electrons. The Labute approximate surface area is 326 Å². The molecular weight excluding hydrogens is 703 g/mol. The fraction of sp³-hybridized carbons (Fsp3) is 0. The first-order valence-corrected chi connectivity index (χ1v) is 19.5. The van der Waals surface area contributed by atoms with Gasteiger partial charge in [0.1, 0.15) is 0 Å². The largest absolute Gasteiger partial charge is 0.276 e. The van der Waals surface area contributed by atoms with Gasteiger partial charge in [-0.15, -0.1) is 11.3 Å². The Kier molecular flexibility index (Phi) is 7.60. The lowest BCUT2D eigenvalue weighted by Gasteiger charge is -2.13. The van der Waals surface area contributed by atoms with E-state index in [2.05, 4.69) is 162 Å². The van der Waals surface area contributed by atoms with Crippen LogP contribution in [0.25, 0.3) is 104 Å². The van der Waals surface area contributed by atoms with Crippen LogP contribution < -0.4 is 0 Å². The van der Waals surface area contributed by atoms with Gasteiger partial charge in [-0.25, -0.2) is 9.97 Å². The minimum Gasteiger partial charge on any atom is -0.276 e. The fourth-order valence-electron chi connectivity index (χ4n) is 7.80. The van der Waals surface area contributed by atoms with Crippen molar-refractivity contribution in [3.63, 3.8) is 0 Å². The van der Waals surface area contributed by atoms with Crippen LogP contribution in [-0.2, 0) is 0 Å². The molecule has 4 aromatic heterocycles. The zero-order chi connectivity index (χ0) is 37.0. The van der Waals surface area contributed by atoms with Crippen LogP contribution in [0.3, 0.4) is 0 Å². The fourth-order valence-corrected chi connectivity index (χ4v) is 9.04. The van der Waals surface area contributed by atoms with Crippen molar-refractivity contribution in [2.75, 3.05) is 0 Å². The molecule has 6 heteroatoms. The van der Waals surface area contributed by atoms with E-state index < -0.39 is 0 Å². The van der Waals surface area contributed by atoms with Crippen molar-refractivity contribution in [3.05, 3.63) is 188 Å². The molecule has 0 atom stereocenters. The van der Waals surface area contributed by atoms with E-state index in [1.807, 2.05) is 41.7 Å². The molecule has 0 radical (unpaired) electrons. The summed E-state index contributed by atoms with van der Waals surface area (Å²) in [6.45, 7) is 0. The zero-order valence-electron chi connectivity index (χ0n) is 30.0. The predicted molar refractivity (Wildman–Crippen MR) is 232 cm³/mol. The molecule has 0 aliphatic carbocycles. The summed E-state index contributed by atoms with van der Waals surface area (Å²) < 4.78 is 4.70. The maximum Gasteiger partial charge on any atom is 0.238 e. The van der Waals surface area contributed by atoms with Crippen LogP contribution in [0.5, 0.6) is 0 Å². The Hall–Kier alpha value is -7.28. The van der Waals surface area contributed by atoms with Crippen molar-refractivity contribution in [1.29, 1.82) is 0 Å². The molecule has 0 unspecified atom stereocenters. The Morgan fingerprint density at radius 1 is 0.357 bits per heavy atom. The Balaban J connectivity index is 1.14. The van der Waals surface area contributed by atoms with Gasteiger partial charge in [0.05, 0.1) is 27.1 Å². The number of hydrogen-bond donors (Lipinski definition) is 0. The van der Waals surface area contributed by atoms with Gasteiger partial charge in [0.15, 0.2) is 11.6 Å². The van der Waals surface area contributed by atoms with Crippen molar-refractivity contribution in [2.45, 2.75) is 0 Å². The highest BCUT2D eigenvalue weighted by Crippen LogP contribution is 2.43. The van der Waals surface area contributed by atoms with Crippen LogP contribution >= 0.6 is 11.3 Å². The minimum atomic E-state index is 0.575. The molecule has 0 aliphatic heterocycles. The first-order chi connectivity index (χ1) is 27.7. The molecule has 0 bridgehead atoms. The number of thiophene rings is 1. The van der Waals surface area contributed by atoms with E-state index in [0.29, 0.717) is 17.6 Å². The van der Waals surface area contributed by atoms with Crippen LogP contribution in [0.1, 0.15) is 0 Å². The molecule has 0 fully saturated rings. The highest BCUT2D eigenvalue weighted by Gasteiger charge is 2.21. The summed E-state index contributed by atoms with van der Waals surface area (Å²) in [6.07, 6.45) is 0. The summed E-state index contributed by atoms with van der Waals surface area (Å²) in [4.78, 5) is 20.9. The number of benzene rings is 7. The molecule has 5 nitrogen and oxygen atoms in total. The molecule has 56 heavy (non-hydrogen) atoms. The third kappa shape index (κ3) is 5.46. The minimum absolute atomic E-state index is 0.575. The molecule has 0 N–H and O–H groups in total. The van der Waals surface area contributed by atoms with Crippen LogP contribution in [-0.4, -0.2) is 24.5 Å². The number of para-hydroxylation sites is 1. The lowest BCUT2D eigenvalue weighted by molar-refractivity contribution is 0.955. The molecular formula is C50H31N5S. The van der Waals surface area contributed by atoms with Crippen molar-refractivity contribution in [1.82, 2.24) is 24.5 Å². The number of hydrogen-bond acceptors (Lipinski definition) is 5. The monoisotopic (exact) mass is 733 g/mol. The Bertz CT molecular complexity index is 3190. The van der Waals surface area contributed by atoms with Gasteiger partial charge < -0.3 is 0 Å². The molecule has 0 amide bonds. The maximum atomic E-state index is 5.32.